The van der Waals surface area contributed by atoms with Gasteiger partial charge in [-0.1, -0.05) is 12.1 Å². The summed E-state index contributed by atoms with van der Waals surface area (Å²) in [6.07, 6.45) is 5.38. The molecule has 0 aliphatic rings. The van der Waals surface area contributed by atoms with E-state index in [-0.39, 0.29) is 17.6 Å². The van der Waals surface area contributed by atoms with Crippen LogP contribution in [0.5, 0.6) is 0 Å². The maximum atomic E-state index is 12.5. The fourth-order valence-electron chi connectivity index (χ4n) is 2.89. The lowest BCUT2D eigenvalue weighted by atomic mass is 10.1. The lowest BCUT2D eigenvalue weighted by molar-refractivity contribution is 0.0995. The third-order valence-corrected chi connectivity index (χ3v) is 6.11. The topological polar surface area (TPSA) is 88.6 Å². The van der Waals surface area contributed by atoms with Gasteiger partial charge in [0.05, 0.1) is 21.8 Å². The lowest BCUT2D eigenvalue weighted by Crippen LogP contribution is -2.10. The maximum Gasteiger partial charge on any atom is 0.291 e. The van der Waals surface area contributed by atoms with Gasteiger partial charge in [-0.15, -0.1) is 22.7 Å². The second-order valence-electron chi connectivity index (χ2n) is 6.35. The van der Waals surface area contributed by atoms with Gasteiger partial charge in [-0.05, 0) is 36.4 Å². The minimum absolute atomic E-state index is 0.215. The number of anilines is 2. The average Bonchev–Trinajstić information content (AvgIpc) is 3.51. The van der Waals surface area contributed by atoms with Crippen LogP contribution in [0, 0.1) is 0 Å². The predicted molar refractivity (Wildman–Crippen MR) is 117 cm³/mol. The fraction of sp³-hybridized carbons (Fsp3) is 0. The summed E-state index contributed by atoms with van der Waals surface area (Å²) in [7, 11) is 0. The first kappa shape index (κ1) is 18.3. The second-order valence-corrected chi connectivity index (χ2v) is 8.30. The molecule has 5 aromatic rings. The van der Waals surface area contributed by atoms with E-state index in [4.69, 9.17) is 4.42 Å². The molecule has 2 N–H and O–H groups in total. The zero-order valence-electron chi connectivity index (χ0n) is 15.4. The van der Waals surface area contributed by atoms with E-state index in [0.29, 0.717) is 15.6 Å². The van der Waals surface area contributed by atoms with Gasteiger partial charge in [0.2, 0.25) is 0 Å². The van der Waals surface area contributed by atoms with E-state index in [1.165, 1.54) is 17.6 Å². The number of imidazole rings is 1. The van der Waals surface area contributed by atoms with Crippen molar-refractivity contribution in [2.45, 2.75) is 0 Å². The number of hydrogen-bond acceptors (Lipinski definition) is 6. The third-order valence-electron chi connectivity index (χ3n) is 4.34. The zero-order valence-corrected chi connectivity index (χ0v) is 17.0. The number of rotatable bonds is 5. The number of carbonyl (C=O) groups excluding carboxylic acids is 2. The number of hydrogen-bond donors (Lipinski definition) is 2. The van der Waals surface area contributed by atoms with E-state index in [0.717, 1.165) is 16.2 Å². The van der Waals surface area contributed by atoms with Crippen LogP contribution in [0.1, 0.15) is 20.2 Å². The Morgan fingerprint density at radius 2 is 1.87 bits per heavy atom. The Kier molecular flexibility index (Phi) is 4.66. The van der Waals surface area contributed by atoms with Crippen LogP contribution in [0.25, 0.3) is 16.2 Å². The van der Waals surface area contributed by atoms with E-state index in [9.17, 15) is 9.59 Å². The number of aromatic nitrogens is 2. The van der Waals surface area contributed by atoms with Crippen molar-refractivity contribution < 1.29 is 14.0 Å². The van der Waals surface area contributed by atoms with E-state index in [1.54, 1.807) is 35.6 Å². The van der Waals surface area contributed by atoms with Crippen LogP contribution in [-0.2, 0) is 0 Å². The molecule has 0 saturated carbocycles. The molecule has 4 heterocycles. The number of thiazole rings is 1. The summed E-state index contributed by atoms with van der Waals surface area (Å²) in [6.45, 7) is 0. The lowest BCUT2D eigenvalue weighted by Gasteiger charge is -2.04. The number of nitrogens with zero attached hydrogens (tertiary/aromatic N) is 2. The predicted octanol–water partition coefficient (Wildman–Crippen LogP) is 5.22. The van der Waals surface area contributed by atoms with Gasteiger partial charge in [0.15, 0.2) is 10.7 Å². The van der Waals surface area contributed by atoms with Gasteiger partial charge in [0, 0.05) is 29.0 Å². The molecule has 0 unspecified atom stereocenters. The van der Waals surface area contributed by atoms with E-state index in [2.05, 4.69) is 15.6 Å². The Labute approximate surface area is 178 Å². The van der Waals surface area contributed by atoms with E-state index < -0.39 is 0 Å². The van der Waals surface area contributed by atoms with Crippen LogP contribution in [0.3, 0.4) is 0 Å². The van der Waals surface area contributed by atoms with Crippen molar-refractivity contribution >= 4 is 50.1 Å². The molecule has 0 bridgehead atoms. The van der Waals surface area contributed by atoms with Crippen LogP contribution in [0.15, 0.2) is 77.0 Å². The summed E-state index contributed by atoms with van der Waals surface area (Å²) in [6, 6.07) is 14.1. The summed E-state index contributed by atoms with van der Waals surface area (Å²) >= 11 is 2.77. The average molecular weight is 435 g/mol. The summed E-state index contributed by atoms with van der Waals surface area (Å²) in [5.41, 5.74) is 2.54. The molecule has 0 saturated heterocycles. The fourth-order valence-corrected chi connectivity index (χ4v) is 4.39. The monoisotopic (exact) mass is 434 g/mol. The first-order chi connectivity index (χ1) is 14.7. The van der Waals surface area contributed by atoms with Gasteiger partial charge in [0.25, 0.3) is 11.8 Å². The molecular formula is C21H14N4O3S2. The molecule has 0 aliphatic carbocycles. The number of furan rings is 1. The first-order valence-electron chi connectivity index (χ1n) is 8.94. The largest absolute Gasteiger partial charge is 0.459 e. The highest BCUT2D eigenvalue weighted by atomic mass is 32.1. The van der Waals surface area contributed by atoms with Crippen molar-refractivity contribution in [1.82, 2.24) is 9.38 Å². The summed E-state index contributed by atoms with van der Waals surface area (Å²) < 4.78 is 7.04. The Morgan fingerprint density at radius 1 is 1.00 bits per heavy atom. The SMILES string of the molecule is O=C(Nc1ccc(C(=O)Nc2ccc(-c3cn4ccsc4n3)cc2)s1)c1ccco1. The van der Waals surface area contributed by atoms with Crippen LogP contribution in [0.4, 0.5) is 10.7 Å². The molecule has 0 atom stereocenters. The highest BCUT2D eigenvalue weighted by Crippen LogP contribution is 2.25. The molecule has 5 rings (SSSR count). The Hall–Kier alpha value is -3.69. The van der Waals surface area contributed by atoms with Gasteiger partial charge in [-0.2, -0.15) is 0 Å². The van der Waals surface area contributed by atoms with Crippen molar-refractivity contribution in [2.75, 3.05) is 10.6 Å². The van der Waals surface area contributed by atoms with Crippen molar-refractivity contribution in [2.24, 2.45) is 0 Å². The third kappa shape index (κ3) is 3.63. The quantitative estimate of drug-likeness (QED) is 0.397. The molecule has 30 heavy (non-hydrogen) atoms. The molecule has 4 aromatic heterocycles. The number of thiophene rings is 1. The minimum Gasteiger partial charge on any atom is -0.459 e. The molecule has 9 heteroatoms. The van der Waals surface area contributed by atoms with Gasteiger partial charge in [-0.3, -0.25) is 14.0 Å². The van der Waals surface area contributed by atoms with Crippen LogP contribution >= 0.6 is 22.7 Å². The van der Waals surface area contributed by atoms with Gasteiger partial charge in [-0.25, -0.2) is 4.98 Å². The molecule has 0 spiro atoms. The van der Waals surface area contributed by atoms with Crippen LogP contribution in [0.2, 0.25) is 0 Å². The molecule has 0 fully saturated rings. The smallest absolute Gasteiger partial charge is 0.291 e. The number of nitrogens with one attached hydrogen (secondary N) is 2. The summed E-state index contributed by atoms with van der Waals surface area (Å²) in [4.78, 5) is 30.6. The normalized spacial score (nSPS) is 10.9. The van der Waals surface area contributed by atoms with E-state index >= 15 is 0 Å². The summed E-state index contributed by atoms with van der Waals surface area (Å²) in [5, 5.41) is 8.14. The summed E-state index contributed by atoms with van der Waals surface area (Å²) in [5.74, 6) is -0.385. The van der Waals surface area contributed by atoms with Crippen molar-refractivity contribution in [1.29, 1.82) is 0 Å². The molecule has 148 valence electrons. The number of benzene rings is 1. The van der Waals surface area contributed by atoms with Gasteiger partial charge < -0.3 is 15.1 Å². The first-order valence-corrected chi connectivity index (χ1v) is 10.6. The molecule has 0 aliphatic heterocycles. The highest BCUT2D eigenvalue weighted by Gasteiger charge is 2.14. The van der Waals surface area contributed by atoms with Crippen molar-refractivity contribution in [3.05, 3.63) is 83.2 Å². The maximum absolute atomic E-state index is 12.5. The van der Waals surface area contributed by atoms with Crippen LogP contribution < -0.4 is 10.6 Å². The number of fused-ring (bicyclic) bond motifs is 1. The standard InChI is InChI=1S/C21H14N4O3S2/c26-19(16-2-1-10-28-16)24-18-8-7-17(30-18)20(27)22-14-5-3-13(4-6-14)15-12-25-9-11-29-21(25)23-15/h1-12H,(H,22,27)(H,24,26). The Morgan fingerprint density at radius 3 is 2.63 bits per heavy atom. The highest BCUT2D eigenvalue weighted by molar-refractivity contribution is 7.18. The van der Waals surface area contributed by atoms with Crippen LogP contribution in [-0.4, -0.2) is 21.2 Å². The van der Waals surface area contributed by atoms with Gasteiger partial charge in [0.1, 0.15) is 0 Å². The molecule has 7 nitrogen and oxygen atoms in total. The second kappa shape index (κ2) is 7.62. The van der Waals surface area contributed by atoms with Crippen molar-refractivity contribution in [3.8, 4) is 11.3 Å². The molecular weight excluding hydrogens is 420 g/mol. The number of amides is 2. The van der Waals surface area contributed by atoms with E-state index in [1.807, 2.05) is 46.4 Å². The molecule has 2 amide bonds. The Balaban J connectivity index is 1.24. The molecule has 0 radical (unpaired) electrons. The number of carbonyl (C=O) groups is 2. The molecule has 1 aromatic carbocycles. The van der Waals surface area contributed by atoms with Crippen molar-refractivity contribution in [3.63, 3.8) is 0 Å². The Bertz CT molecular complexity index is 1300. The van der Waals surface area contributed by atoms with Gasteiger partial charge >= 0.3 is 0 Å². The zero-order chi connectivity index (χ0) is 20.5. The minimum atomic E-state index is -0.358.